The normalized spacial score (nSPS) is 26.3. The summed E-state index contributed by atoms with van der Waals surface area (Å²) < 4.78 is 0. The highest BCUT2D eigenvalue weighted by atomic mass is 13.9. The summed E-state index contributed by atoms with van der Waals surface area (Å²) in [6.45, 7) is 0. The molecule has 1 aliphatic rings. The highest BCUT2D eigenvalue weighted by Crippen LogP contribution is 2.01. The van der Waals surface area contributed by atoms with E-state index in [9.17, 15) is 0 Å². The van der Waals surface area contributed by atoms with Crippen LogP contribution in [0.2, 0.25) is 0 Å². The molecule has 76 valence electrons. The van der Waals surface area contributed by atoms with Crippen LogP contribution in [0, 0.1) is 0 Å². The molecule has 0 atom stereocenters. The van der Waals surface area contributed by atoms with Crippen LogP contribution in [0.3, 0.4) is 0 Å². The predicted octanol–water partition coefficient (Wildman–Crippen LogP) is 4.57. The molecule has 1 aliphatic carbocycles. The van der Waals surface area contributed by atoms with E-state index in [0.29, 0.717) is 0 Å². The summed E-state index contributed by atoms with van der Waals surface area (Å²) in [7, 11) is 0. The lowest BCUT2D eigenvalue weighted by Crippen LogP contribution is -1.70. The van der Waals surface area contributed by atoms with Gasteiger partial charge in [0, 0.05) is 0 Å². The molecule has 14 heavy (non-hydrogen) atoms. The van der Waals surface area contributed by atoms with Crippen LogP contribution < -0.4 is 0 Å². The first-order valence-corrected chi connectivity index (χ1v) is 5.60. The molecule has 0 saturated heterocycles. The van der Waals surface area contributed by atoms with Crippen LogP contribution in [0.1, 0.15) is 38.5 Å². The Hall–Kier alpha value is -1.04. The van der Waals surface area contributed by atoms with Crippen molar-refractivity contribution in [1.29, 1.82) is 0 Å². The predicted molar refractivity (Wildman–Crippen MR) is 64.3 cm³/mol. The van der Waals surface area contributed by atoms with E-state index in [1.807, 2.05) is 0 Å². The number of hydrogen-bond acceptors (Lipinski definition) is 0. The van der Waals surface area contributed by atoms with Gasteiger partial charge in [0.25, 0.3) is 0 Å². The Bertz CT molecular complexity index is 204. The maximum atomic E-state index is 2.29. The molecule has 0 aromatic heterocycles. The summed E-state index contributed by atoms with van der Waals surface area (Å²) in [6, 6.07) is 0. The third-order valence-electron chi connectivity index (χ3n) is 2.21. The van der Waals surface area contributed by atoms with Crippen molar-refractivity contribution in [2.24, 2.45) is 0 Å². The van der Waals surface area contributed by atoms with Crippen molar-refractivity contribution >= 4 is 0 Å². The molecule has 0 aromatic rings. The van der Waals surface area contributed by atoms with Gasteiger partial charge in [-0.25, -0.2) is 0 Å². The molecule has 0 amide bonds. The number of hydrogen-bond donors (Lipinski definition) is 0. The summed E-state index contributed by atoms with van der Waals surface area (Å²) in [5, 5.41) is 0. The summed E-state index contributed by atoms with van der Waals surface area (Å²) in [5.74, 6) is 0. The third-order valence-corrected chi connectivity index (χ3v) is 2.21. The lowest BCUT2D eigenvalue weighted by molar-refractivity contribution is 0.997. The summed E-state index contributed by atoms with van der Waals surface area (Å²) in [5.41, 5.74) is 0. The smallest absolute Gasteiger partial charge is 0.0169 e. The molecule has 0 aliphatic heterocycles. The summed E-state index contributed by atoms with van der Waals surface area (Å²) in [4.78, 5) is 0. The fourth-order valence-electron chi connectivity index (χ4n) is 1.40. The zero-order valence-corrected chi connectivity index (χ0v) is 8.86. The molecule has 0 radical (unpaired) electrons. The number of allylic oxidation sites excluding steroid dienone is 8. The van der Waals surface area contributed by atoms with Crippen LogP contribution in [0.15, 0.2) is 48.6 Å². The zero-order valence-electron chi connectivity index (χ0n) is 8.86. The van der Waals surface area contributed by atoms with Crippen LogP contribution in [0.4, 0.5) is 0 Å². The van der Waals surface area contributed by atoms with E-state index >= 15 is 0 Å². The van der Waals surface area contributed by atoms with E-state index in [1.54, 1.807) is 0 Å². The molecule has 0 heteroatoms. The van der Waals surface area contributed by atoms with E-state index < -0.39 is 0 Å². The Kier molecular flexibility index (Phi) is 6.74. The first kappa shape index (κ1) is 11.0. The number of rotatable bonds is 0. The van der Waals surface area contributed by atoms with Gasteiger partial charge in [-0.05, 0) is 38.5 Å². The van der Waals surface area contributed by atoms with E-state index in [4.69, 9.17) is 0 Å². The van der Waals surface area contributed by atoms with Gasteiger partial charge >= 0.3 is 0 Å². The van der Waals surface area contributed by atoms with Gasteiger partial charge in [-0.1, -0.05) is 48.6 Å². The Morgan fingerprint density at radius 2 is 0.643 bits per heavy atom. The lowest BCUT2D eigenvalue weighted by Gasteiger charge is -1.90. The van der Waals surface area contributed by atoms with Gasteiger partial charge in [0.15, 0.2) is 0 Å². The van der Waals surface area contributed by atoms with Gasteiger partial charge in [0.05, 0.1) is 0 Å². The average molecular weight is 188 g/mol. The SMILES string of the molecule is C1=CC/C=C/CC/C=C/CC/C=C\C1. The maximum absolute atomic E-state index is 2.29. The van der Waals surface area contributed by atoms with Crippen LogP contribution in [-0.2, 0) is 0 Å². The quantitative estimate of drug-likeness (QED) is 0.489. The van der Waals surface area contributed by atoms with E-state index in [1.165, 1.54) is 25.7 Å². The molecule has 0 nitrogen and oxygen atoms in total. The second-order valence-corrected chi connectivity index (χ2v) is 3.51. The first-order chi connectivity index (χ1) is 7.00. The van der Waals surface area contributed by atoms with Crippen LogP contribution in [0.5, 0.6) is 0 Å². The lowest BCUT2D eigenvalue weighted by atomic mass is 10.2. The highest BCUT2D eigenvalue weighted by molar-refractivity contribution is 4.99. The minimum Gasteiger partial charge on any atom is -0.0882 e. The standard InChI is InChI=1S/C14H20/c1-2-4-6-8-10-12-14-13-11-9-7-5-3-1/h1-2,5-8,13-14H,3-4,9-12H2/b2-1?,7-5-,8-6+,14-13+. The van der Waals surface area contributed by atoms with Crippen LogP contribution >= 0.6 is 0 Å². The third kappa shape index (κ3) is 6.47. The maximum Gasteiger partial charge on any atom is -0.0169 e. The van der Waals surface area contributed by atoms with E-state index in [2.05, 4.69) is 48.6 Å². The van der Waals surface area contributed by atoms with Crippen molar-refractivity contribution in [1.82, 2.24) is 0 Å². The summed E-state index contributed by atoms with van der Waals surface area (Å²) >= 11 is 0. The van der Waals surface area contributed by atoms with Crippen molar-refractivity contribution in [3.8, 4) is 0 Å². The Labute approximate surface area is 87.7 Å². The molecule has 0 saturated carbocycles. The molecular formula is C14H20. The molecule has 0 bridgehead atoms. The molecular weight excluding hydrogens is 168 g/mol. The first-order valence-electron chi connectivity index (χ1n) is 5.60. The molecule has 0 aromatic carbocycles. The van der Waals surface area contributed by atoms with E-state index in [-0.39, 0.29) is 0 Å². The fraction of sp³-hybridized carbons (Fsp3) is 0.429. The molecule has 0 heterocycles. The summed E-state index contributed by atoms with van der Waals surface area (Å²) in [6.07, 6.45) is 25.0. The minimum absolute atomic E-state index is 1.08. The van der Waals surface area contributed by atoms with Gasteiger partial charge in [-0.2, -0.15) is 0 Å². The van der Waals surface area contributed by atoms with Gasteiger partial charge in [0.1, 0.15) is 0 Å². The molecule has 0 spiro atoms. The van der Waals surface area contributed by atoms with E-state index in [0.717, 1.165) is 12.8 Å². The minimum atomic E-state index is 1.08. The zero-order chi connectivity index (χ0) is 9.90. The van der Waals surface area contributed by atoms with Gasteiger partial charge < -0.3 is 0 Å². The van der Waals surface area contributed by atoms with Gasteiger partial charge in [0.2, 0.25) is 0 Å². The fourth-order valence-corrected chi connectivity index (χ4v) is 1.40. The molecule has 0 unspecified atom stereocenters. The highest BCUT2D eigenvalue weighted by Gasteiger charge is 1.80. The molecule has 1 rings (SSSR count). The molecule has 0 N–H and O–H groups in total. The second-order valence-electron chi connectivity index (χ2n) is 3.51. The van der Waals surface area contributed by atoms with Crippen molar-refractivity contribution in [2.75, 3.05) is 0 Å². The topological polar surface area (TPSA) is 0 Å². The van der Waals surface area contributed by atoms with Crippen molar-refractivity contribution in [3.05, 3.63) is 48.6 Å². The van der Waals surface area contributed by atoms with Crippen molar-refractivity contribution < 1.29 is 0 Å². The van der Waals surface area contributed by atoms with Crippen molar-refractivity contribution in [3.63, 3.8) is 0 Å². The average Bonchev–Trinajstić information content (AvgIpc) is 2.22. The largest absolute Gasteiger partial charge is 0.0882 e. The molecule has 0 fully saturated rings. The Morgan fingerprint density at radius 1 is 0.357 bits per heavy atom. The van der Waals surface area contributed by atoms with Gasteiger partial charge in [-0.15, -0.1) is 0 Å². The van der Waals surface area contributed by atoms with Crippen molar-refractivity contribution in [2.45, 2.75) is 38.5 Å². The Morgan fingerprint density at radius 3 is 1.07 bits per heavy atom. The second kappa shape index (κ2) is 8.55. The van der Waals surface area contributed by atoms with Crippen LogP contribution in [0.25, 0.3) is 0 Å². The Balaban J connectivity index is 2.34. The monoisotopic (exact) mass is 188 g/mol. The van der Waals surface area contributed by atoms with Gasteiger partial charge in [-0.3, -0.25) is 0 Å². The van der Waals surface area contributed by atoms with Crippen LogP contribution in [-0.4, -0.2) is 0 Å².